The van der Waals surface area contributed by atoms with E-state index in [2.05, 4.69) is 12.2 Å². The fourth-order valence-corrected chi connectivity index (χ4v) is 3.20. The molecule has 0 atom stereocenters. The van der Waals surface area contributed by atoms with Crippen molar-refractivity contribution in [2.45, 2.75) is 26.2 Å². The summed E-state index contributed by atoms with van der Waals surface area (Å²) in [6.45, 7) is 2.68. The molecule has 136 valence electrons. The zero-order valence-corrected chi connectivity index (χ0v) is 15.2. The van der Waals surface area contributed by atoms with Gasteiger partial charge in [0.1, 0.15) is 11.6 Å². The minimum atomic E-state index is -0.572. The second kappa shape index (κ2) is 8.33. The predicted molar refractivity (Wildman–Crippen MR) is 106 cm³/mol. The van der Waals surface area contributed by atoms with Gasteiger partial charge in [-0.1, -0.05) is 56.2 Å². The zero-order chi connectivity index (χ0) is 19.2. The van der Waals surface area contributed by atoms with Crippen LogP contribution in [0.5, 0.6) is 0 Å². The third-order valence-electron chi connectivity index (χ3n) is 4.53. The number of anilines is 2. The molecule has 0 aromatic heterocycles. The quantitative estimate of drug-likeness (QED) is 0.479. The second-order valence-corrected chi connectivity index (χ2v) is 6.36. The summed E-state index contributed by atoms with van der Waals surface area (Å²) in [5.74, 6) is -0.857. The molecule has 1 aliphatic heterocycles. The van der Waals surface area contributed by atoms with Crippen LogP contribution < -0.4 is 10.2 Å². The summed E-state index contributed by atoms with van der Waals surface area (Å²) in [6, 6.07) is 18.1. The Morgan fingerprint density at radius 2 is 1.78 bits per heavy atom. The van der Waals surface area contributed by atoms with Crippen LogP contribution in [0.25, 0.3) is 5.57 Å². The third kappa shape index (κ3) is 3.75. The second-order valence-electron chi connectivity index (χ2n) is 6.36. The standard InChI is InChI=1S/C22H21N3O2/c1-2-3-9-14-25-19-13-8-7-12-17(19)20(22(25)27)18(15-23)21(26)24-16-10-5-4-6-11-16/h4-8,10-13H,2-3,9,14H2,1H3,(H,24,26). The normalized spacial score (nSPS) is 14.5. The van der Waals surface area contributed by atoms with Gasteiger partial charge in [-0.15, -0.1) is 0 Å². The molecule has 27 heavy (non-hydrogen) atoms. The summed E-state index contributed by atoms with van der Waals surface area (Å²) in [5.41, 5.74) is 1.99. The molecule has 5 nitrogen and oxygen atoms in total. The molecular formula is C22H21N3O2. The molecule has 0 spiro atoms. The molecule has 2 aromatic rings. The Labute approximate surface area is 158 Å². The fourth-order valence-electron chi connectivity index (χ4n) is 3.20. The van der Waals surface area contributed by atoms with Crippen molar-refractivity contribution in [2.24, 2.45) is 0 Å². The Hall–Kier alpha value is -3.39. The number of unbranched alkanes of at least 4 members (excludes halogenated alkanes) is 2. The van der Waals surface area contributed by atoms with Crippen LogP contribution in [0.2, 0.25) is 0 Å². The highest BCUT2D eigenvalue weighted by molar-refractivity contribution is 6.37. The number of fused-ring (bicyclic) bond motifs is 1. The maximum Gasteiger partial charge on any atom is 0.267 e. The number of hydrogen-bond acceptors (Lipinski definition) is 3. The molecule has 0 radical (unpaired) electrons. The molecule has 0 bridgehead atoms. The van der Waals surface area contributed by atoms with Crippen molar-refractivity contribution in [3.8, 4) is 6.07 Å². The monoisotopic (exact) mass is 359 g/mol. The molecule has 0 fully saturated rings. The molecule has 3 rings (SSSR count). The van der Waals surface area contributed by atoms with Gasteiger partial charge in [-0.3, -0.25) is 9.59 Å². The molecule has 1 heterocycles. The van der Waals surface area contributed by atoms with E-state index >= 15 is 0 Å². The van der Waals surface area contributed by atoms with Gasteiger partial charge in [-0.05, 0) is 24.6 Å². The lowest BCUT2D eigenvalue weighted by Gasteiger charge is -2.16. The van der Waals surface area contributed by atoms with Crippen LogP contribution in [0, 0.1) is 11.3 Å². The van der Waals surface area contributed by atoms with E-state index in [0.29, 0.717) is 17.8 Å². The van der Waals surface area contributed by atoms with Gasteiger partial charge in [-0.25, -0.2) is 0 Å². The van der Waals surface area contributed by atoms with Crippen LogP contribution >= 0.6 is 0 Å². The number of amides is 2. The molecule has 1 N–H and O–H groups in total. The number of hydrogen-bond donors (Lipinski definition) is 1. The smallest absolute Gasteiger partial charge is 0.267 e. The van der Waals surface area contributed by atoms with E-state index in [-0.39, 0.29) is 17.1 Å². The number of nitriles is 1. The predicted octanol–water partition coefficient (Wildman–Crippen LogP) is 4.14. The van der Waals surface area contributed by atoms with Gasteiger partial charge in [0, 0.05) is 17.8 Å². The topological polar surface area (TPSA) is 73.2 Å². The average molecular weight is 359 g/mol. The summed E-state index contributed by atoms with van der Waals surface area (Å²) in [5, 5.41) is 12.3. The van der Waals surface area contributed by atoms with Gasteiger partial charge in [-0.2, -0.15) is 5.26 Å². The Morgan fingerprint density at radius 3 is 2.48 bits per heavy atom. The van der Waals surface area contributed by atoms with Gasteiger partial charge < -0.3 is 10.2 Å². The largest absolute Gasteiger partial charge is 0.321 e. The highest BCUT2D eigenvalue weighted by atomic mass is 16.2. The SMILES string of the molecule is CCCCCN1C(=O)C(=C(C#N)C(=O)Nc2ccccc2)c2ccccc21. The van der Waals surface area contributed by atoms with Crippen LogP contribution in [0.4, 0.5) is 11.4 Å². The van der Waals surface area contributed by atoms with Crippen molar-refractivity contribution >= 4 is 28.8 Å². The van der Waals surface area contributed by atoms with Crippen molar-refractivity contribution in [1.82, 2.24) is 0 Å². The van der Waals surface area contributed by atoms with E-state index in [1.807, 2.05) is 30.3 Å². The van der Waals surface area contributed by atoms with Gasteiger partial charge in [0.05, 0.1) is 11.3 Å². The van der Waals surface area contributed by atoms with E-state index in [4.69, 9.17) is 0 Å². The first-order chi connectivity index (χ1) is 13.2. The molecule has 2 aromatic carbocycles. The molecule has 0 saturated heterocycles. The highest BCUT2D eigenvalue weighted by Gasteiger charge is 2.35. The first-order valence-corrected chi connectivity index (χ1v) is 9.09. The van der Waals surface area contributed by atoms with Crippen LogP contribution in [0.15, 0.2) is 60.2 Å². The van der Waals surface area contributed by atoms with E-state index in [1.165, 1.54) is 0 Å². The summed E-state index contributed by atoms with van der Waals surface area (Å²) < 4.78 is 0. The summed E-state index contributed by atoms with van der Waals surface area (Å²) in [4.78, 5) is 27.4. The Balaban J connectivity index is 1.98. The minimum absolute atomic E-state index is 0.158. The van der Waals surface area contributed by atoms with Crippen LogP contribution in [-0.4, -0.2) is 18.4 Å². The van der Waals surface area contributed by atoms with E-state index in [0.717, 1.165) is 24.9 Å². The number of benzene rings is 2. The van der Waals surface area contributed by atoms with Crippen molar-refractivity contribution in [1.29, 1.82) is 5.26 Å². The maximum absolute atomic E-state index is 13.1. The first kappa shape index (κ1) is 18.4. The Bertz CT molecular complexity index is 926. The molecule has 2 amide bonds. The maximum atomic E-state index is 13.1. The lowest BCUT2D eigenvalue weighted by Crippen LogP contribution is -2.28. The minimum Gasteiger partial charge on any atom is -0.321 e. The lowest BCUT2D eigenvalue weighted by atomic mass is 10.0. The summed E-state index contributed by atoms with van der Waals surface area (Å²) in [6.07, 6.45) is 2.95. The molecule has 0 saturated carbocycles. The molecule has 0 aliphatic carbocycles. The number of carbonyl (C=O) groups excluding carboxylic acids is 2. The van der Waals surface area contributed by atoms with E-state index in [9.17, 15) is 14.9 Å². The number of carbonyl (C=O) groups is 2. The Kier molecular flexibility index (Phi) is 5.68. The lowest BCUT2D eigenvalue weighted by molar-refractivity contribution is -0.114. The Morgan fingerprint density at radius 1 is 1.07 bits per heavy atom. The van der Waals surface area contributed by atoms with E-state index in [1.54, 1.807) is 35.2 Å². The molecule has 1 aliphatic rings. The highest BCUT2D eigenvalue weighted by Crippen LogP contribution is 2.38. The summed E-state index contributed by atoms with van der Waals surface area (Å²) >= 11 is 0. The fraction of sp³-hybridized carbons (Fsp3) is 0.227. The van der Waals surface area contributed by atoms with Crippen molar-refractivity contribution in [3.05, 3.63) is 65.7 Å². The third-order valence-corrected chi connectivity index (χ3v) is 4.53. The zero-order valence-electron chi connectivity index (χ0n) is 15.2. The van der Waals surface area contributed by atoms with Crippen LogP contribution in [-0.2, 0) is 9.59 Å². The summed E-state index contributed by atoms with van der Waals surface area (Å²) in [7, 11) is 0. The molecule has 5 heteroatoms. The van der Waals surface area contributed by atoms with Crippen molar-refractivity contribution in [2.75, 3.05) is 16.8 Å². The first-order valence-electron chi connectivity index (χ1n) is 9.09. The van der Waals surface area contributed by atoms with Gasteiger partial charge >= 0.3 is 0 Å². The van der Waals surface area contributed by atoms with Gasteiger partial charge in [0.15, 0.2) is 0 Å². The average Bonchev–Trinajstić information content (AvgIpc) is 2.96. The number of nitrogens with one attached hydrogen (secondary N) is 1. The van der Waals surface area contributed by atoms with E-state index < -0.39 is 5.91 Å². The number of rotatable bonds is 6. The van der Waals surface area contributed by atoms with Crippen molar-refractivity contribution < 1.29 is 9.59 Å². The number of nitrogens with zero attached hydrogens (tertiary/aromatic N) is 2. The van der Waals surface area contributed by atoms with Crippen LogP contribution in [0.1, 0.15) is 31.7 Å². The van der Waals surface area contributed by atoms with Gasteiger partial charge in [0.2, 0.25) is 0 Å². The molecule has 0 unspecified atom stereocenters. The molecular weight excluding hydrogens is 338 g/mol. The van der Waals surface area contributed by atoms with Crippen LogP contribution in [0.3, 0.4) is 0 Å². The van der Waals surface area contributed by atoms with Crippen molar-refractivity contribution in [3.63, 3.8) is 0 Å². The van der Waals surface area contributed by atoms with Gasteiger partial charge in [0.25, 0.3) is 11.8 Å². The number of para-hydroxylation sites is 2.